The molecule has 220 valence electrons. The molecule has 12 nitrogen and oxygen atoms in total. The van der Waals surface area contributed by atoms with Crippen LogP contribution in [0.5, 0.6) is 0 Å². The Hall–Kier alpha value is -3.17. The number of oxime groups is 1. The predicted octanol–water partition coefficient (Wildman–Crippen LogP) is 2.45. The van der Waals surface area contributed by atoms with Gasteiger partial charge in [-0.25, -0.2) is 18.4 Å². The Balaban J connectivity index is 1.34. The van der Waals surface area contributed by atoms with Gasteiger partial charge in [-0.05, 0) is 44.2 Å². The zero-order valence-electron chi connectivity index (χ0n) is 23.0. The molecule has 1 amide bonds. The van der Waals surface area contributed by atoms with Crippen LogP contribution in [-0.2, 0) is 28.9 Å². The number of ether oxygens (including phenoxy) is 2. The van der Waals surface area contributed by atoms with Gasteiger partial charge in [0.05, 0.1) is 23.9 Å². The van der Waals surface area contributed by atoms with Gasteiger partial charge in [0, 0.05) is 44.8 Å². The van der Waals surface area contributed by atoms with Crippen LogP contribution in [0.15, 0.2) is 46.4 Å². The Bertz CT molecular complexity index is 1490. The highest BCUT2D eigenvalue weighted by molar-refractivity contribution is 7.91. The third-order valence-electron chi connectivity index (χ3n) is 7.03. The molecule has 2 N–H and O–H groups in total. The molecule has 0 saturated carbocycles. The van der Waals surface area contributed by atoms with E-state index in [4.69, 9.17) is 19.3 Å². The number of methoxy groups -OCH3 is 1. The summed E-state index contributed by atoms with van der Waals surface area (Å²) in [6.45, 7) is 3.11. The summed E-state index contributed by atoms with van der Waals surface area (Å²) in [6, 6.07) is 10.3. The van der Waals surface area contributed by atoms with Gasteiger partial charge in [-0.1, -0.05) is 28.6 Å². The number of hydrogen-bond donors (Lipinski definition) is 2. The summed E-state index contributed by atoms with van der Waals surface area (Å²) in [5, 5.41) is 10.7. The van der Waals surface area contributed by atoms with E-state index in [0.29, 0.717) is 59.7 Å². The summed E-state index contributed by atoms with van der Waals surface area (Å²) in [4.78, 5) is 31.5. The molecule has 2 aliphatic heterocycles. The molecule has 41 heavy (non-hydrogen) atoms. The molecule has 5 rings (SSSR count). The number of carbonyl (C=O) groups is 1. The number of hydrogen-bond acceptors (Lipinski definition) is 12. The van der Waals surface area contributed by atoms with Crippen molar-refractivity contribution in [3.63, 3.8) is 0 Å². The molecule has 0 radical (unpaired) electrons. The number of rotatable bonds is 12. The minimum absolute atomic E-state index is 0.00306. The second kappa shape index (κ2) is 13.2. The van der Waals surface area contributed by atoms with E-state index in [0.717, 1.165) is 25.3 Å². The zero-order chi connectivity index (χ0) is 28.8. The van der Waals surface area contributed by atoms with Crippen molar-refractivity contribution >= 4 is 54.1 Å². The SMILES string of the molecule is CNC1CCN(c2ccc3nc(NC(=O)C(=NO[C@@H]4CCOC4)c4ccc(S(=O)(=O)CCCOC)cc4)sc3n2)C1. The maximum atomic E-state index is 13.4. The van der Waals surface area contributed by atoms with Crippen molar-refractivity contribution in [2.24, 2.45) is 5.16 Å². The van der Waals surface area contributed by atoms with E-state index in [9.17, 15) is 13.2 Å². The molecule has 2 atom stereocenters. The van der Waals surface area contributed by atoms with Crippen LogP contribution in [0.4, 0.5) is 10.9 Å². The number of sulfone groups is 1. The molecule has 2 fully saturated rings. The average Bonchev–Trinajstić information content (AvgIpc) is 3.74. The third kappa shape index (κ3) is 7.19. The summed E-state index contributed by atoms with van der Waals surface area (Å²) >= 11 is 1.27. The number of benzene rings is 1. The van der Waals surface area contributed by atoms with Gasteiger partial charge in [0.1, 0.15) is 16.2 Å². The van der Waals surface area contributed by atoms with E-state index in [1.807, 2.05) is 19.2 Å². The number of aromatic nitrogens is 2. The maximum absolute atomic E-state index is 13.4. The van der Waals surface area contributed by atoms with Gasteiger partial charge < -0.3 is 24.5 Å². The van der Waals surface area contributed by atoms with E-state index >= 15 is 0 Å². The lowest BCUT2D eigenvalue weighted by Gasteiger charge is -2.16. The fourth-order valence-corrected chi connectivity index (χ4v) is 6.79. The molecule has 2 saturated heterocycles. The molecule has 14 heteroatoms. The van der Waals surface area contributed by atoms with Crippen LogP contribution in [0.2, 0.25) is 0 Å². The van der Waals surface area contributed by atoms with Crippen LogP contribution < -0.4 is 15.5 Å². The lowest BCUT2D eigenvalue weighted by atomic mass is 10.1. The first-order valence-electron chi connectivity index (χ1n) is 13.5. The topological polar surface area (TPSA) is 144 Å². The minimum atomic E-state index is -3.49. The van der Waals surface area contributed by atoms with E-state index in [-0.39, 0.29) is 22.5 Å². The van der Waals surface area contributed by atoms with Crippen molar-refractivity contribution in [2.75, 3.05) is 63.0 Å². The first kappa shape index (κ1) is 29.3. The quantitative estimate of drug-likeness (QED) is 0.180. The van der Waals surface area contributed by atoms with Gasteiger partial charge in [-0.2, -0.15) is 0 Å². The number of pyridine rings is 1. The van der Waals surface area contributed by atoms with E-state index in [1.54, 1.807) is 12.1 Å². The minimum Gasteiger partial charge on any atom is -0.389 e. The molecule has 0 spiro atoms. The highest BCUT2D eigenvalue weighted by Gasteiger charge is 2.24. The lowest BCUT2D eigenvalue weighted by molar-refractivity contribution is -0.110. The summed E-state index contributed by atoms with van der Waals surface area (Å²) in [6.07, 6.45) is 1.84. The van der Waals surface area contributed by atoms with Crippen molar-refractivity contribution in [2.45, 2.75) is 36.3 Å². The van der Waals surface area contributed by atoms with E-state index in [2.05, 4.69) is 25.7 Å². The Morgan fingerprint density at radius 1 is 1.20 bits per heavy atom. The summed E-state index contributed by atoms with van der Waals surface area (Å²) in [7, 11) is 0.00804. The number of nitrogens with one attached hydrogen (secondary N) is 2. The van der Waals surface area contributed by atoms with Gasteiger partial charge in [0.2, 0.25) is 0 Å². The number of carbonyl (C=O) groups excluding carboxylic acids is 1. The van der Waals surface area contributed by atoms with E-state index < -0.39 is 15.7 Å². The van der Waals surface area contributed by atoms with Crippen LogP contribution in [0.1, 0.15) is 24.8 Å². The molecular formula is C27H34N6O6S2. The molecule has 0 bridgehead atoms. The zero-order valence-corrected chi connectivity index (χ0v) is 24.7. The molecule has 1 unspecified atom stereocenters. The normalized spacial score (nSPS) is 19.7. The highest BCUT2D eigenvalue weighted by Crippen LogP contribution is 2.28. The molecular weight excluding hydrogens is 568 g/mol. The van der Waals surface area contributed by atoms with Gasteiger partial charge in [-0.3, -0.25) is 10.1 Å². The Morgan fingerprint density at radius 3 is 2.73 bits per heavy atom. The molecule has 2 aliphatic rings. The van der Waals surface area contributed by atoms with Crippen molar-refractivity contribution in [3.05, 3.63) is 42.0 Å². The van der Waals surface area contributed by atoms with Crippen LogP contribution >= 0.6 is 11.3 Å². The second-order valence-corrected chi connectivity index (χ2v) is 13.0. The summed E-state index contributed by atoms with van der Waals surface area (Å²) < 4.78 is 35.6. The van der Waals surface area contributed by atoms with Crippen LogP contribution in [0.3, 0.4) is 0 Å². The van der Waals surface area contributed by atoms with Crippen LogP contribution in [-0.4, -0.2) is 95.0 Å². The van der Waals surface area contributed by atoms with Gasteiger partial charge in [-0.15, -0.1) is 0 Å². The Labute approximate surface area is 243 Å². The number of anilines is 2. The Morgan fingerprint density at radius 2 is 2.02 bits per heavy atom. The molecule has 1 aromatic carbocycles. The number of fused-ring (bicyclic) bond motifs is 1. The van der Waals surface area contributed by atoms with Crippen LogP contribution in [0.25, 0.3) is 10.3 Å². The first-order valence-corrected chi connectivity index (χ1v) is 16.0. The second-order valence-electron chi connectivity index (χ2n) is 9.91. The molecule has 2 aromatic heterocycles. The summed E-state index contributed by atoms with van der Waals surface area (Å²) in [5.74, 6) is 0.312. The number of amides is 1. The molecule has 4 heterocycles. The summed E-state index contributed by atoms with van der Waals surface area (Å²) in [5.41, 5.74) is 1.09. The smallest absolute Gasteiger partial charge is 0.280 e. The lowest BCUT2D eigenvalue weighted by Crippen LogP contribution is -2.29. The molecule has 0 aliphatic carbocycles. The van der Waals surface area contributed by atoms with Gasteiger partial charge in [0.15, 0.2) is 26.8 Å². The van der Waals surface area contributed by atoms with Gasteiger partial charge in [0.25, 0.3) is 5.91 Å². The standard InChI is InChI=1S/C27H34N6O6S2/c1-28-19-10-12-33(16-19)23-9-8-22-26(30-23)40-27(29-22)31-25(34)24(32-39-20-11-14-38-17-20)18-4-6-21(7-5-18)41(35,36)15-3-13-37-2/h4-9,19-20,28H,3,10-17H2,1-2H3,(H,29,31,34)/t19?,20-/m1/s1. The fourth-order valence-electron chi connectivity index (χ4n) is 4.68. The average molecular weight is 603 g/mol. The Kier molecular flexibility index (Phi) is 9.45. The maximum Gasteiger partial charge on any atom is 0.280 e. The monoisotopic (exact) mass is 602 g/mol. The van der Waals surface area contributed by atoms with Crippen molar-refractivity contribution in [1.29, 1.82) is 0 Å². The largest absolute Gasteiger partial charge is 0.389 e. The van der Waals surface area contributed by atoms with Crippen LogP contribution in [0, 0.1) is 0 Å². The highest BCUT2D eigenvalue weighted by atomic mass is 32.2. The molecule has 3 aromatic rings. The number of likely N-dealkylation sites (N-methyl/N-ethyl adjacent to an activating group) is 1. The predicted molar refractivity (Wildman–Crippen MR) is 158 cm³/mol. The number of nitrogens with zero attached hydrogens (tertiary/aromatic N) is 4. The van der Waals surface area contributed by atoms with Crippen molar-refractivity contribution in [1.82, 2.24) is 15.3 Å². The van der Waals surface area contributed by atoms with Crippen molar-refractivity contribution < 1.29 is 27.5 Å². The third-order valence-corrected chi connectivity index (χ3v) is 9.72. The number of thiazole rings is 1. The first-order chi connectivity index (χ1) is 19.9. The fraction of sp³-hybridized carbons (Fsp3) is 0.481. The van der Waals surface area contributed by atoms with E-state index in [1.165, 1.54) is 30.6 Å². The van der Waals surface area contributed by atoms with Gasteiger partial charge >= 0.3 is 0 Å². The van der Waals surface area contributed by atoms with Crippen molar-refractivity contribution in [3.8, 4) is 0 Å².